The van der Waals surface area contributed by atoms with Crippen LogP contribution in [0.25, 0.3) is 11.3 Å². The van der Waals surface area contributed by atoms with Crippen LogP contribution in [0.5, 0.6) is 0 Å². The van der Waals surface area contributed by atoms with E-state index in [2.05, 4.69) is 19.8 Å². The van der Waals surface area contributed by atoms with Gasteiger partial charge in [-0.05, 0) is 73.2 Å². The highest BCUT2D eigenvalue weighted by Gasteiger charge is 2.18. The summed E-state index contributed by atoms with van der Waals surface area (Å²) in [5.41, 5.74) is 4.55. The van der Waals surface area contributed by atoms with Crippen LogP contribution >= 0.6 is 0 Å². The van der Waals surface area contributed by atoms with Gasteiger partial charge in [-0.1, -0.05) is 18.2 Å². The van der Waals surface area contributed by atoms with E-state index in [1.807, 2.05) is 36.4 Å². The molecule has 0 amide bonds. The molecule has 1 saturated heterocycles. The second kappa shape index (κ2) is 8.88. The van der Waals surface area contributed by atoms with Gasteiger partial charge in [0.05, 0.1) is 23.8 Å². The van der Waals surface area contributed by atoms with Crippen LogP contribution in [0.1, 0.15) is 24.0 Å². The Hall–Kier alpha value is -2.97. The van der Waals surface area contributed by atoms with Gasteiger partial charge in [0.2, 0.25) is 0 Å². The maximum atomic E-state index is 12.9. The van der Waals surface area contributed by atoms with E-state index in [-0.39, 0.29) is 0 Å². The van der Waals surface area contributed by atoms with Crippen molar-refractivity contribution in [2.45, 2.75) is 30.6 Å². The summed E-state index contributed by atoms with van der Waals surface area (Å²) in [5.74, 6) is 0.839. The third-order valence-electron chi connectivity index (χ3n) is 6.05. The highest BCUT2D eigenvalue weighted by atomic mass is 32.2. The van der Waals surface area contributed by atoms with Crippen LogP contribution in [0.4, 0.5) is 11.5 Å². The fraction of sp³-hybridized carbons (Fsp3) is 0.333. The molecule has 0 spiro atoms. The molecule has 7 nitrogen and oxygen atoms in total. The molecule has 0 bridgehead atoms. The number of morpholine rings is 1. The van der Waals surface area contributed by atoms with Gasteiger partial charge in [-0.15, -0.1) is 10.2 Å². The van der Waals surface area contributed by atoms with Crippen molar-refractivity contribution in [1.82, 2.24) is 10.2 Å². The van der Waals surface area contributed by atoms with E-state index in [1.165, 1.54) is 12.0 Å². The molecule has 5 rings (SSSR count). The molecule has 0 radical (unpaired) electrons. The predicted octanol–water partition coefficient (Wildman–Crippen LogP) is 3.66. The van der Waals surface area contributed by atoms with Crippen LogP contribution < -0.4 is 9.62 Å². The lowest BCUT2D eigenvalue weighted by Gasteiger charge is -2.27. The Morgan fingerprint density at radius 3 is 2.31 bits per heavy atom. The Kier molecular flexibility index (Phi) is 5.80. The number of hydrogen-bond acceptors (Lipinski definition) is 6. The number of aromatic nitrogens is 2. The van der Waals surface area contributed by atoms with Gasteiger partial charge in [-0.3, -0.25) is 4.72 Å². The first-order valence-corrected chi connectivity index (χ1v) is 12.5. The number of sulfonamides is 1. The normalized spacial score (nSPS) is 16.4. The quantitative estimate of drug-likeness (QED) is 0.639. The fourth-order valence-corrected chi connectivity index (χ4v) is 5.35. The topological polar surface area (TPSA) is 84.4 Å². The molecule has 1 N–H and O–H groups in total. The molecule has 1 aromatic heterocycles. The van der Waals surface area contributed by atoms with Gasteiger partial charge in [0, 0.05) is 24.3 Å². The number of nitrogens with one attached hydrogen (secondary N) is 1. The maximum Gasteiger partial charge on any atom is 0.261 e. The molecule has 2 aromatic carbocycles. The Labute approximate surface area is 188 Å². The summed E-state index contributed by atoms with van der Waals surface area (Å²) in [6, 6.07) is 16.6. The Balaban J connectivity index is 1.29. The molecule has 1 aliphatic heterocycles. The van der Waals surface area contributed by atoms with Crippen LogP contribution in [-0.4, -0.2) is 44.9 Å². The van der Waals surface area contributed by atoms with Crippen LogP contribution in [0.15, 0.2) is 59.5 Å². The zero-order valence-electron chi connectivity index (χ0n) is 17.8. The van der Waals surface area contributed by atoms with E-state index in [0.717, 1.165) is 55.0 Å². The number of benzene rings is 2. The average Bonchev–Trinajstić information content (AvgIpc) is 2.85. The van der Waals surface area contributed by atoms with Gasteiger partial charge in [0.25, 0.3) is 10.0 Å². The largest absolute Gasteiger partial charge is 0.378 e. The number of ether oxygens (including phenoxy) is 1. The van der Waals surface area contributed by atoms with Crippen LogP contribution in [-0.2, 0) is 27.6 Å². The van der Waals surface area contributed by atoms with Crippen molar-refractivity contribution in [3.05, 3.63) is 65.7 Å². The van der Waals surface area contributed by atoms with E-state index >= 15 is 0 Å². The predicted molar refractivity (Wildman–Crippen MR) is 124 cm³/mol. The van der Waals surface area contributed by atoms with Gasteiger partial charge in [0.1, 0.15) is 0 Å². The molecule has 0 saturated carbocycles. The summed E-state index contributed by atoms with van der Waals surface area (Å²) in [4.78, 5) is 2.46. The van der Waals surface area contributed by atoms with E-state index < -0.39 is 10.0 Å². The zero-order chi connectivity index (χ0) is 22.0. The van der Waals surface area contributed by atoms with Gasteiger partial charge >= 0.3 is 0 Å². The van der Waals surface area contributed by atoms with E-state index in [1.54, 1.807) is 18.2 Å². The van der Waals surface area contributed by atoms with Crippen LogP contribution in [0.3, 0.4) is 0 Å². The molecule has 166 valence electrons. The summed E-state index contributed by atoms with van der Waals surface area (Å²) in [6.07, 6.45) is 4.26. The number of nitrogens with zero attached hydrogens (tertiary/aromatic N) is 3. The third kappa shape index (κ3) is 4.47. The Morgan fingerprint density at radius 1 is 0.844 bits per heavy atom. The number of fused-ring (bicyclic) bond motifs is 1. The Bertz CT molecular complexity index is 1190. The molecule has 3 aromatic rings. The van der Waals surface area contributed by atoms with E-state index in [0.29, 0.717) is 23.8 Å². The smallest absolute Gasteiger partial charge is 0.261 e. The SMILES string of the molecule is O=S(=O)(Nc1ccc(-c2ccc(N3CCOCC3)nn2)cc1)c1ccc2c(c1)CCCC2. The summed E-state index contributed by atoms with van der Waals surface area (Å²) in [7, 11) is -3.64. The fourth-order valence-electron chi connectivity index (χ4n) is 4.24. The van der Waals surface area contributed by atoms with Crippen molar-refractivity contribution in [2.75, 3.05) is 35.9 Å². The van der Waals surface area contributed by atoms with Crippen molar-refractivity contribution < 1.29 is 13.2 Å². The van der Waals surface area contributed by atoms with Gasteiger partial charge in [-0.2, -0.15) is 0 Å². The second-order valence-corrected chi connectivity index (χ2v) is 9.88. The number of aryl methyl sites for hydroxylation is 2. The zero-order valence-corrected chi connectivity index (χ0v) is 18.6. The van der Waals surface area contributed by atoms with Crippen LogP contribution in [0.2, 0.25) is 0 Å². The summed E-state index contributed by atoms with van der Waals surface area (Å²) in [6.45, 7) is 3.03. The van der Waals surface area contributed by atoms with Gasteiger partial charge in [0.15, 0.2) is 5.82 Å². The first kappa shape index (κ1) is 20.9. The number of hydrogen-bond donors (Lipinski definition) is 1. The molecule has 1 aliphatic carbocycles. The maximum absolute atomic E-state index is 12.9. The van der Waals surface area contributed by atoms with E-state index in [9.17, 15) is 8.42 Å². The summed E-state index contributed by atoms with van der Waals surface area (Å²) in [5, 5.41) is 8.69. The van der Waals surface area contributed by atoms with Crippen molar-refractivity contribution >= 4 is 21.5 Å². The highest BCUT2D eigenvalue weighted by molar-refractivity contribution is 7.92. The van der Waals surface area contributed by atoms with E-state index in [4.69, 9.17) is 4.74 Å². The minimum atomic E-state index is -3.64. The molecule has 2 aliphatic rings. The Morgan fingerprint density at radius 2 is 1.59 bits per heavy atom. The highest BCUT2D eigenvalue weighted by Crippen LogP contribution is 2.26. The lowest BCUT2D eigenvalue weighted by atomic mass is 9.92. The van der Waals surface area contributed by atoms with Crippen molar-refractivity contribution in [3.8, 4) is 11.3 Å². The lowest BCUT2D eigenvalue weighted by Crippen LogP contribution is -2.36. The van der Waals surface area contributed by atoms with Crippen molar-refractivity contribution in [3.63, 3.8) is 0 Å². The number of rotatable bonds is 5. The third-order valence-corrected chi connectivity index (χ3v) is 7.43. The molecule has 8 heteroatoms. The number of anilines is 2. The molecule has 2 heterocycles. The molecule has 0 atom stereocenters. The first-order chi connectivity index (χ1) is 15.6. The minimum Gasteiger partial charge on any atom is -0.378 e. The first-order valence-electron chi connectivity index (χ1n) is 11.0. The monoisotopic (exact) mass is 450 g/mol. The average molecular weight is 451 g/mol. The standard InChI is InChI=1S/C24H26N4O3S/c29-32(30,22-10-7-18-3-1-2-4-20(18)17-22)27-21-8-5-19(6-9-21)23-11-12-24(26-25-23)28-13-15-31-16-14-28/h5-12,17,27H,1-4,13-16H2. The summed E-state index contributed by atoms with van der Waals surface area (Å²) >= 11 is 0. The molecule has 0 unspecified atom stereocenters. The summed E-state index contributed by atoms with van der Waals surface area (Å²) < 4.78 is 33.8. The van der Waals surface area contributed by atoms with Gasteiger partial charge < -0.3 is 9.64 Å². The van der Waals surface area contributed by atoms with Crippen molar-refractivity contribution in [2.24, 2.45) is 0 Å². The molecule has 32 heavy (non-hydrogen) atoms. The lowest BCUT2D eigenvalue weighted by molar-refractivity contribution is 0.122. The van der Waals surface area contributed by atoms with Gasteiger partial charge in [-0.25, -0.2) is 8.42 Å². The molecular formula is C24H26N4O3S. The van der Waals surface area contributed by atoms with Crippen molar-refractivity contribution in [1.29, 1.82) is 0 Å². The minimum absolute atomic E-state index is 0.312. The second-order valence-electron chi connectivity index (χ2n) is 8.20. The van der Waals surface area contributed by atoms with Crippen LogP contribution in [0, 0.1) is 0 Å². The molecular weight excluding hydrogens is 424 g/mol. The molecule has 1 fully saturated rings.